The van der Waals surface area contributed by atoms with E-state index in [0.29, 0.717) is 24.8 Å². The van der Waals surface area contributed by atoms with E-state index in [4.69, 9.17) is 4.74 Å². The smallest absolute Gasteiger partial charge is 0.240 e. The summed E-state index contributed by atoms with van der Waals surface area (Å²) in [5.41, 5.74) is 0.686. The fraction of sp³-hybridized carbons (Fsp3) is 0.429. The summed E-state index contributed by atoms with van der Waals surface area (Å²) >= 11 is 0. The summed E-state index contributed by atoms with van der Waals surface area (Å²) in [6.45, 7) is -0.225. The van der Waals surface area contributed by atoms with Crippen molar-refractivity contribution in [3.05, 3.63) is 66.0 Å². The molecule has 1 aliphatic rings. The van der Waals surface area contributed by atoms with E-state index in [0.717, 1.165) is 12.1 Å². The van der Waals surface area contributed by atoms with E-state index in [-0.39, 0.29) is 23.3 Å². The summed E-state index contributed by atoms with van der Waals surface area (Å²) in [6.07, 6.45) is 0.200. The maximum atomic E-state index is 13.1. The van der Waals surface area contributed by atoms with Crippen LogP contribution in [-0.2, 0) is 30.5 Å². The number of sulfonamides is 2. The summed E-state index contributed by atoms with van der Waals surface area (Å²) in [5.74, 6) is -0.660. The summed E-state index contributed by atoms with van der Waals surface area (Å²) in [4.78, 5) is -0.0782. The van der Waals surface area contributed by atoms with Gasteiger partial charge >= 0.3 is 0 Å². The molecule has 8 nitrogen and oxygen atoms in total. The van der Waals surface area contributed by atoms with Gasteiger partial charge in [-0.1, -0.05) is 30.3 Å². The van der Waals surface area contributed by atoms with Gasteiger partial charge in [0.25, 0.3) is 0 Å². The van der Waals surface area contributed by atoms with E-state index in [2.05, 4.69) is 9.44 Å². The quantitative estimate of drug-likeness (QED) is 0.468. The zero-order valence-electron chi connectivity index (χ0n) is 17.4. The van der Waals surface area contributed by atoms with Crippen molar-refractivity contribution in [2.75, 3.05) is 13.2 Å². The summed E-state index contributed by atoms with van der Waals surface area (Å²) < 4.78 is 73.5. The second-order valence-electron chi connectivity index (χ2n) is 7.67. The summed E-state index contributed by atoms with van der Waals surface area (Å²) in [7, 11) is -7.40. The molecule has 2 aromatic carbocycles. The minimum Gasteiger partial charge on any atom is -0.394 e. The number of benzene rings is 2. The molecule has 0 bridgehead atoms. The topological polar surface area (TPSA) is 122 Å². The second-order valence-corrected chi connectivity index (χ2v) is 11.2. The zero-order chi connectivity index (χ0) is 23.2. The number of rotatable bonds is 10. The van der Waals surface area contributed by atoms with Gasteiger partial charge in [-0.05, 0) is 49.1 Å². The molecule has 11 heteroatoms. The fourth-order valence-electron chi connectivity index (χ4n) is 3.58. The Hall–Kier alpha value is -1.89. The van der Waals surface area contributed by atoms with Gasteiger partial charge < -0.3 is 9.84 Å². The third kappa shape index (κ3) is 7.06. The monoisotopic (exact) mass is 486 g/mol. The van der Waals surface area contributed by atoms with Crippen molar-refractivity contribution in [2.24, 2.45) is 0 Å². The van der Waals surface area contributed by atoms with E-state index < -0.39 is 44.6 Å². The van der Waals surface area contributed by atoms with Gasteiger partial charge in [0.15, 0.2) is 0 Å². The molecule has 0 radical (unpaired) electrons. The lowest BCUT2D eigenvalue weighted by atomic mass is 9.98. The third-order valence-corrected chi connectivity index (χ3v) is 8.08. The van der Waals surface area contributed by atoms with E-state index in [1.807, 2.05) is 6.07 Å². The first-order chi connectivity index (χ1) is 15.2. The van der Waals surface area contributed by atoms with Crippen LogP contribution in [0.3, 0.4) is 0 Å². The van der Waals surface area contributed by atoms with Crippen molar-refractivity contribution in [1.82, 2.24) is 9.44 Å². The lowest BCUT2D eigenvalue weighted by molar-refractivity contribution is -0.0869. The SMILES string of the molecule is O=S(=O)(Cc1ccccc1)NCC[C@@H]1CC[C@H](NS(=O)(=O)c2ccc(F)cc2)[C@@H](CO)O1. The number of aliphatic hydroxyl groups excluding tert-OH is 1. The molecule has 32 heavy (non-hydrogen) atoms. The highest BCUT2D eigenvalue weighted by molar-refractivity contribution is 7.89. The van der Waals surface area contributed by atoms with Gasteiger partial charge in [-0.2, -0.15) is 0 Å². The second kappa shape index (κ2) is 10.8. The Bertz CT molecular complexity index is 1080. The van der Waals surface area contributed by atoms with Crippen LogP contribution in [0.25, 0.3) is 0 Å². The molecule has 176 valence electrons. The Balaban J connectivity index is 1.50. The van der Waals surface area contributed by atoms with E-state index in [1.165, 1.54) is 12.1 Å². The molecule has 0 saturated carbocycles. The maximum absolute atomic E-state index is 13.1. The standard InChI is InChI=1S/C21H27FN2O6S2/c22-17-6-9-19(10-7-17)32(28,29)24-20-11-8-18(30-21(20)14-25)12-13-23-31(26,27)15-16-4-2-1-3-5-16/h1-7,9-10,18,20-21,23-25H,8,11-15H2/t18-,20-,21+/m0/s1. The number of aliphatic hydroxyl groups is 1. The highest BCUT2D eigenvalue weighted by atomic mass is 32.2. The van der Waals surface area contributed by atoms with Gasteiger partial charge in [-0.15, -0.1) is 0 Å². The molecule has 3 N–H and O–H groups in total. The first-order valence-corrected chi connectivity index (χ1v) is 13.4. The van der Waals surface area contributed by atoms with Gasteiger partial charge in [0.2, 0.25) is 20.0 Å². The maximum Gasteiger partial charge on any atom is 0.240 e. The van der Waals surface area contributed by atoms with Crippen LogP contribution in [0.5, 0.6) is 0 Å². The molecule has 3 atom stereocenters. The van der Waals surface area contributed by atoms with Crippen molar-refractivity contribution >= 4 is 20.0 Å². The van der Waals surface area contributed by atoms with Gasteiger partial charge in [-0.3, -0.25) is 0 Å². The highest BCUT2D eigenvalue weighted by Crippen LogP contribution is 2.23. The number of halogens is 1. The van der Waals surface area contributed by atoms with Crippen molar-refractivity contribution in [3.63, 3.8) is 0 Å². The molecular weight excluding hydrogens is 459 g/mol. The number of hydrogen-bond acceptors (Lipinski definition) is 6. The number of ether oxygens (including phenoxy) is 1. The Kier molecular flexibility index (Phi) is 8.37. The number of hydrogen-bond donors (Lipinski definition) is 3. The van der Waals surface area contributed by atoms with Gasteiger partial charge in [0, 0.05) is 6.54 Å². The zero-order valence-corrected chi connectivity index (χ0v) is 19.0. The molecule has 0 spiro atoms. The summed E-state index contributed by atoms with van der Waals surface area (Å²) in [5, 5.41) is 9.68. The molecule has 1 saturated heterocycles. The molecule has 1 aliphatic heterocycles. The Labute approximate surface area is 187 Å². The van der Waals surface area contributed by atoms with Crippen LogP contribution in [-0.4, -0.2) is 53.3 Å². The van der Waals surface area contributed by atoms with Crippen LogP contribution in [0.1, 0.15) is 24.8 Å². The minimum absolute atomic E-state index is 0.0782. The molecule has 0 aromatic heterocycles. The molecule has 1 fully saturated rings. The molecule has 3 rings (SSSR count). The minimum atomic E-state index is -3.90. The largest absolute Gasteiger partial charge is 0.394 e. The van der Waals surface area contributed by atoms with Gasteiger partial charge in [0.05, 0.1) is 35.5 Å². The Morgan fingerprint density at radius 3 is 2.34 bits per heavy atom. The Morgan fingerprint density at radius 1 is 1.00 bits per heavy atom. The van der Waals surface area contributed by atoms with E-state index in [9.17, 15) is 26.3 Å². The average molecular weight is 487 g/mol. The van der Waals surface area contributed by atoms with Crippen molar-refractivity contribution in [3.8, 4) is 0 Å². The van der Waals surface area contributed by atoms with Crippen LogP contribution >= 0.6 is 0 Å². The lowest BCUT2D eigenvalue weighted by Crippen LogP contribution is -2.51. The van der Waals surface area contributed by atoms with Crippen molar-refractivity contribution < 1.29 is 31.1 Å². The van der Waals surface area contributed by atoms with Crippen molar-refractivity contribution in [1.29, 1.82) is 0 Å². The average Bonchev–Trinajstić information content (AvgIpc) is 2.75. The fourth-order valence-corrected chi connectivity index (χ4v) is 6.04. The normalized spacial score (nSPS) is 22.0. The van der Waals surface area contributed by atoms with Crippen LogP contribution in [0.4, 0.5) is 4.39 Å². The van der Waals surface area contributed by atoms with Crippen LogP contribution in [0, 0.1) is 5.82 Å². The molecule has 1 heterocycles. The summed E-state index contributed by atoms with van der Waals surface area (Å²) in [6, 6.07) is 12.6. The predicted molar refractivity (Wildman–Crippen MR) is 117 cm³/mol. The predicted octanol–water partition coefficient (Wildman–Crippen LogP) is 1.52. The highest BCUT2D eigenvalue weighted by Gasteiger charge is 2.34. The van der Waals surface area contributed by atoms with Gasteiger partial charge in [0.1, 0.15) is 5.82 Å². The molecule has 0 unspecified atom stereocenters. The Morgan fingerprint density at radius 2 is 1.69 bits per heavy atom. The molecule has 0 aliphatic carbocycles. The molecule has 0 amide bonds. The third-order valence-electron chi connectivity index (χ3n) is 5.21. The van der Waals surface area contributed by atoms with Crippen LogP contribution in [0.2, 0.25) is 0 Å². The van der Waals surface area contributed by atoms with E-state index >= 15 is 0 Å². The number of nitrogens with one attached hydrogen (secondary N) is 2. The molecule has 2 aromatic rings. The lowest BCUT2D eigenvalue weighted by Gasteiger charge is -2.36. The van der Waals surface area contributed by atoms with Crippen LogP contribution < -0.4 is 9.44 Å². The first kappa shape index (κ1) is 24.7. The molecular formula is C21H27FN2O6S2. The first-order valence-electron chi connectivity index (χ1n) is 10.2. The van der Waals surface area contributed by atoms with Crippen LogP contribution in [0.15, 0.2) is 59.5 Å². The van der Waals surface area contributed by atoms with Crippen molar-refractivity contribution in [2.45, 2.75) is 48.2 Å². The van der Waals surface area contributed by atoms with E-state index in [1.54, 1.807) is 24.3 Å². The van der Waals surface area contributed by atoms with Gasteiger partial charge in [-0.25, -0.2) is 30.7 Å².